The van der Waals surface area contributed by atoms with Crippen LogP contribution >= 0.6 is 35.3 Å². The molecule has 3 rings (SSSR count). The number of furan rings is 1. The SMILES string of the molecule is CN=C(NCc1cc(C)oc1C)NC1CCN(c2cccs2)CC1.I. The molecule has 0 saturated carbocycles. The Hall–Kier alpha value is -1.22. The normalized spacial score (nSPS) is 15.8. The molecule has 0 spiro atoms. The van der Waals surface area contributed by atoms with E-state index in [1.54, 1.807) is 0 Å². The van der Waals surface area contributed by atoms with Gasteiger partial charge in [-0.3, -0.25) is 4.99 Å². The second-order valence-electron chi connectivity index (χ2n) is 6.22. The zero-order valence-corrected chi connectivity index (χ0v) is 18.2. The Bertz CT molecular complexity index is 675. The van der Waals surface area contributed by atoms with Crippen molar-refractivity contribution in [3.63, 3.8) is 0 Å². The van der Waals surface area contributed by atoms with E-state index >= 15 is 0 Å². The molecule has 0 atom stereocenters. The summed E-state index contributed by atoms with van der Waals surface area (Å²) >= 11 is 1.82. The van der Waals surface area contributed by atoms with Crippen LogP contribution in [0.4, 0.5) is 5.00 Å². The van der Waals surface area contributed by atoms with Crippen LogP contribution in [0.3, 0.4) is 0 Å². The van der Waals surface area contributed by atoms with Crippen LogP contribution in [0.15, 0.2) is 33.0 Å². The van der Waals surface area contributed by atoms with E-state index in [1.807, 2.05) is 32.2 Å². The van der Waals surface area contributed by atoms with E-state index < -0.39 is 0 Å². The summed E-state index contributed by atoms with van der Waals surface area (Å²) in [5, 5.41) is 10.5. The van der Waals surface area contributed by atoms with Gasteiger partial charge in [-0.2, -0.15) is 0 Å². The van der Waals surface area contributed by atoms with Crippen LogP contribution in [0.25, 0.3) is 0 Å². The molecule has 2 aromatic rings. The Morgan fingerprint density at radius 1 is 1.36 bits per heavy atom. The van der Waals surface area contributed by atoms with Gasteiger partial charge < -0.3 is 20.0 Å². The molecular weight excluding hydrogens is 447 g/mol. The maximum atomic E-state index is 5.57. The Balaban J connectivity index is 0.00000225. The maximum Gasteiger partial charge on any atom is 0.191 e. The molecule has 25 heavy (non-hydrogen) atoms. The molecular formula is C18H27IN4OS. The highest BCUT2D eigenvalue weighted by Gasteiger charge is 2.20. The minimum Gasteiger partial charge on any atom is -0.466 e. The van der Waals surface area contributed by atoms with Crippen molar-refractivity contribution in [2.45, 2.75) is 39.3 Å². The van der Waals surface area contributed by atoms with Crippen LogP contribution in [0.2, 0.25) is 0 Å². The summed E-state index contributed by atoms with van der Waals surface area (Å²) in [6.07, 6.45) is 2.25. The van der Waals surface area contributed by atoms with Gasteiger partial charge >= 0.3 is 0 Å². The number of aliphatic imine (C=N–C) groups is 1. The van der Waals surface area contributed by atoms with E-state index in [4.69, 9.17) is 4.42 Å². The van der Waals surface area contributed by atoms with Crippen molar-refractivity contribution in [1.82, 2.24) is 10.6 Å². The van der Waals surface area contributed by atoms with Gasteiger partial charge in [-0.05, 0) is 50.3 Å². The van der Waals surface area contributed by atoms with Gasteiger partial charge in [-0.1, -0.05) is 0 Å². The monoisotopic (exact) mass is 474 g/mol. The summed E-state index contributed by atoms with van der Waals surface area (Å²) in [7, 11) is 1.82. The van der Waals surface area contributed by atoms with E-state index in [9.17, 15) is 0 Å². The van der Waals surface area contributed by atoms with Gasteiger partial charge in [0.25, 0.3) is 0 Å². The van der Waals surface area contributed by atoms with Gasteiger partial charge in [0, 0.05) is 38.3 Å². The predicted molar refractivity (Wildman–Crippen MR) is 116 cm³/mol. The molecule has 138 valence electrons. The van der Waals surface area contributed by atoms with Crippen molar-refractivity contribution >= 4 is 46.3 Å². The van der Waals surface area contributed by atoms with E-state index in [0.29, 0.717) is 6.04 Å². The Kier molecular flexibility index (Phi) is 7.61. The second kappa shape index (κ2) is 9.47. The van der Waals surface area contributed by atoms with Crippen LogP contribution in [0, 0.1) is 13.8 Å². The number of hydrogen-bond acceptors (Lipinski definition) is 4. The number of halogens is 1. The van der Waals surface area contributed by atoms with Gasteiger partial charge in [0.05, 0.1) is 5.00 Å². The van der Waals surface area contributed by atoms with Crippen LogP contribution in [-0.4, -0.2) is 32.1 Å². The average molecular weight is 474 g/mol. The number of anilines is 1. The summed E-state index contributed by atoms with van der Waals surface area (Å²) in [4.78, 5) is 6.82. The fourth-order valence-corrected chi connectivity index (χ4v) is 3.91. The number of piperidine rings is 1. The highest BCUT2D eigenvalue weighted by Crippen LogP contribution is 2.24. The molecule has 1 aliphatic heterocycles. The first-order valence-corrected chi connectivity index (χ1v) is 9.35. The van der Waals surface area contributed by atoms with Crippen molar-refractivity contribution in [2.75, 3.05) is 25.0 Å². The third-order valence-electron chi connectivity index (χ3n) is 4.47. The molecule has 0 aliphatic carbocycles. The Morgan fingerprint density at radius 3 is 2.68 bits per heavy atom. The lowest BCUT2D eigenvalue weighted by atomic mass is 10.1. The standard InChI is InChI=1S/C18H26N4OS.HI/c1-13-11-15(14(2)23-13)12-20-18(19-3)21-16-6-8-22(9-7-16)17-5-4-10-24-17;/h4-5,10-11,16H,6-9,12H2,1-3H3,(H2,19,20,21);1H. The zero-order chi connectivity index (χ0) is 16.9. The number of nitrogens with one attached hydrogen (secondary N) is 2. The molecule has 3 heterocycles. The van der Waals surface area contributed by atoms with Crippen LogP contribution < -0.4 is 15.5 Å². The van der Waals surface area contributed by atoms with Gasteiger partial charge in [0.2, 0.25) is 0 Å². The zero-order valence-electron chi connectivity index (χ0n) is 15.0. The van der Waals surface area contributed by atoms with Gasteiger partial charge in [0.15, 0.2) is 5.96 Å². The summed E-state index contributed by atoms with van der Waals surface area (Å²) < 4.78 is 5.57. The first-order chi connectivity index (χ1) is 11.7. The molecule has 5 nitrogen and oxygen atoms in total. The van der Waals surface area contributed by atoms with E-state index in [-0.39, 0.29) is 24.0 Å². The predicted octanol–water partition coefficient (Wildman–Crippen LogP) is 3.91. The van der Waals surface area contributed by atoms with E-state index in [1.165, 1.54) is 10.6 Å². The van der Waals surface area contributed by atoms with Crippen molar-refractivity contribution in [2.24, 2.45) is 4.99 Å². The number of nitrogens with zero attached hydrogens (tertiary/aromatic N) is 2. The fraction of sp³-hybridized carbons (Fsp3) is 0.500. The topological polar surface area (TPSA) is 52.8 Å². The van der Waals surface area contributed by atoms with Crippen molar-refractivity contribution in [3.05, 3.63) is 40.7 Å². The third kappa shape index (κ3) is 5.37. The molecule has 0 amide bonds. The highest BCUT2D eigenvalue weighted by atomic mass is 127. The van der Waals surface area contributed by atoms with Crippen LogP contribution in [-0.2, 0) is 6.54 Å². The molecule has 0 unspecified atom stereocenters. The summed E-state index contributed by atoms with van der Waals surface area (Å²) in [5.74, 6) is 2.79. The molecule has 0 bridgehead atoms. The molecule has 1 saturated heterocycles. The summed E-state index contributed by atoms with van der Waals surface area (Å²) in [6, 6.07) is 6.87. The summed E-state index contributed by atoms with van der Waals surface area (Å²) in [6.45, 7) is 6.90. The Labute approximate surface area is 170 Å². The second-order valence-corrected chi connectivity index (χ2v) is 7.15. The first-order valence-electron chi connectivity index (χ1n) is 8.47. The molecule has 2 N–H and O–H groups in total. The van der Waals surface area contributed by atoms with Crippen molar-refractivity contribution in [3.8, 4) is 0 Å². The number of thiophene rings is 1. The molecule has 0 radical (unpaired) electrons. The molecule has 1 fully saturated rings. The molecule has 2 aromatic heterocycles. The average Bonchev–Trinajstić information content (AvgIpc) is 3.22. The minimum atomic E-state index is 0. The smallest absolute Gasteiger partial charge is 0.191 e. The van der Waals surface area contributed by atoms with E-state index in [0.717, 1.165) is 50.0 Å². The van der Waals surface area contributed by atoms with Crippen LogP contribution in [0.5, 0.6) is 0 Å². The van der Waals surface area contributed by atoms with Crippen molar-refractivity contribution in [1.29, 1.82) is 0 Å². The molecule has 1 aliphatic rings. The van der Waals surface area contributed by atoms with Gasteiger partial charge in [-0.15, -0.1) is 35.3 Å². The lowest BCUT2D eigenvalue weighted by molar-refractivity contribution is 0.462. The first kappa shape index (κ1) is 20.1. The molecule has 0 aromatic carbocycles. The van der Waals surface area contributed by atoms with E-state index in [2.05, 4.69) is 44.1 Å². The van der Waals surface area contributed by atoms with Gasteiger partial charge in [-0.25, -0.2) is 0 Å². The highest BCUT2D eigenvalue weighted by molar-refractivity contribution is 14.0. The van der Waals surface area contributed by atoms with Crippen LogP contribution in [0.1, 0.15) is 29.9 Å². The number of aryl methyl sites for hydroxylation is 2. The third-order valence-corrected chi connectivity index (χ3v) is 5.40. The minimum absolute atomic E-state index is 0. The lowest BCUT2D eigenvalue weighted by Crippen LogP contribution is -2.48. The largest absolute Gasteiger partial charge is 0.466 e. The van der Waals surface area contributed by atoms with Crippen molar-refractivity contribution < 1.29 is 4.42 Å². The van der Waals surface area contributed by atoms with Gasteiger partial charge in [0.1, 0.15) is 11.5 Å². The quantitative estimate of drug-likeness (QED) is 0.401. The number of hydrogen-bond donors (Lipinski definition) is 2. The maximum absolute atomic E-state index is 5.57. The number of guanidine groups is 1. The summed E-state index contributed by atoms with van der Waals surface area (Å²) in [5.41, 5.74) is 1.18. The lowest BCUT2D eigenvalue weighted by Gasteiger charge is -2.33. The Morgan fingerprint density at radius 2 is 2.12 bits per heavy atom. The number of rotatable bonds is 4. The fourth-order valence-electron chi connectivity index (χ4n) is 3.12. The molecule has 7 heteroatoms.